The molecule has 0 aliphatic carbocycles. The van der Waals surface area contributed by atoms with E-state index in [1.54, 1.807) is 4.90 Å². The highest BCUT2D eigenvalue weighted by molar-refractivity contribution is 8.13. The van der Waals surface area contributed by atoms with Gasteiger partial charge in [-0.25, -0.2) is 8.42 Å². The molecule has 2 rings (SSSR count). The maximum Gasteiger partial charge on any atom is 0.232 e. The maximum atomic E-state index is 12.0. The summed E-state index contributed by atoms with van der Waals surface area (Å²) in [5.74, 6) is -0.609. The molecule has 1 heterocycles. The van der Waals surface area contributed by atoms with E-state index in [2.05, 4.69) is 0 Å². The monoisotopic (exact) mass is 335 g/mol. The SMILES string of the molecule is Cc1cc(Cl)c(N2CC(CS(=O)(=O)Cl)CC2=O)cc1C. The van der Waals surface area contributed by atoms with E-state index >= 15 is 0 Å². The number of halogens is 2. The van der Waals surface area contributed by atoms with E-state index in [1.807, 2.05) is 26.0 Å². The third-order valence-electron chi connectivity index (χ3n) is 3.49. The number of rotatable bonds is 3. The van der Waals surface area contributed by atoms with Crippen molar-refractivity contribution in [2.24, 2.45) is 5.92 Å². The summed E-state index contributed by atoms with van der Waals surface area (Å²) < 4.78 is 22.2. The Bertz CT molecular complexity index is 658. The van der Waals surface area contributed by atoms with E-state index in [9.17, 15) is 13.2 Å². The number of carbonyl (C=O) groups is 1. The van der Waals surface area contributed by atoms with Crippen LogP contribution in [0.4, 0.5) is 5.69 Å². The Morgan fingerprint density at radius 2 is 1.90 bits per heavy atom. The molecule has 1 fully saturated rings. The molecule has 20 heavy (non-hydrogen) atoms. The van der Waals surface area contributed by atoms with Crippen LogP contribution in [0.2, 0.25) is 5.02 Å². The highest BCUT2D eigenvalue weighted by atomic mass is 35.7. The minimum atomic E-state index is -3.60. The minimum Gasteiger partial charge on any atom is -0.311 e. The number of carbonyl (C=O) groups excluding carboxylic acids is 1. The van der Waals surface area contributed by atoms with Gasteiger partial charge in [0, 0.05) is 29.6 Å². The third-order valence-corrected chi connectivity index (χ3v) is 5.04. The van der Waals surface area contributed by atoms with Crippen molar-refractivity contribution in [1.82, 2.24) is 0 Å². The summed E-state index contributed by atoms with van der Waals surface area (Å²) in [5, 5.41) is 0.496. The molecule has 1 aliphatic heterocycles. The van der Waals surface area contributed by atoms with Gasteiger partial charge in [-0.2, -0.15) is 0 Å². The zero-order chi connectivity index (χ0) is 15.1. The first kappa shape index (κ1) is 15.6. The summed E-state index contributed by atoms with van der Waals surface area (Å²) in [7, 11) is 1.65. The number of nitrogens with zero attached hydrogens (tertiary/aromatic N) is 1. The summed E-state index contributed by atoms with van der Waals surface area (Å²) in [6.07, 6.45) is 0.176. The van der Waals surface area contributed by atoms with Crippen LogP contribution in [-0.2, 0) is 13.8 Å². The maximum absolute atomic E-state index is 12.0. The minimum absolute atomic E-state index is 0.125. The van der Waals surface area contributed by atoms with Crippen LogP contribution in [0.3, 0.4) is 0 Å². The van der Waals surface area contributed by atoms with Crippen molar-refractivity contribution < 1.29 is 13.2 Å². The smallest absolute Gasteiger partial charge is 0.232 e. The Morgan fingerprint density at radius 1 is 1.30 bits per heavy atom. The standard InChI is InChI=1S/C13H15Cl2NO3S/c1-8-3-11(14)12(4-9(8)2)16-6-10(5-13(16)17)7-20(15,18)19/h3-4,10H,5-7H2,1-2H3. The van der Waals surface area contributed by atoms with Gasteiger partial charge in [-0.3, -0.25) is 4.79 Å². The number of aryl methyl sites for hydroxylation is 2. The quantitative estimate of drug-likeness (QED) is 0.798. The Labute approximate surface area is 128 Å². The summed E-state index contributed by atoms with van der Waals surface area (Å²) in [6.45, 7) is 4.21. The first-order valence-corrected chi connectivity index (χ1v) is 9.02. The molecule has 1 saturated heterocycles. The molecule has 0 radical (unpaired) electrons. The van der Waals surface area contributed by atoms with Gasteiger partial charge in [-0.1, -0.05) is 11.6 Å². The van der Waals surface area contributed by atoms with Gasteiger partial charge in [0.1, 0.15) is 0 Å². The molecule has 1 aliphatic rings. The fourth-order valence-corrected chi connectivity index (χ4v) is 4.02. The van der Waals surface area contributed by atoms with Crippen LogP contribution in [0.5, 0.6) is 0 Å². The lowest BCUT2D eigenvalue weighted by atomic mass is 10.1. The summed E-state index contributed by atoms with van der Waals surface area (Å²) in [4.78, 5) is 13.6. The lowest BCUT2D eigenvalue weighted by molar-refractivity contribution is -0.117. The fourth-order valence-electron chi connectivity index (χ4n) is 2.38. The van der Waals surface area contributed by atoms with Gasteiger partial charge in [-0.05, 0) is 37.1 Å². The molecule has 0 N–H and O–H groups in total. The van der Waals surface area contributed by atoms with Crippen molar-refractivity contribution in [1.29, 1.82) is 0 Å². The molecule has 1 amide bonds. The van der Waals surface area contributed by atoms with Gasteiger partial charge < -0.3 is 4.90 Å². The van der Waals surface area contributed by atoms with Gasteiger partial charge in [0.2, 0.25) is 15.0 Å². The zero-order valence-corrected chi connectivity index (χ0v) is 13.5. The summed E-state index contributed by atoms with van der Waals surface area (Å²) >= 11 is 6.19. The Balaban J connectivity index is 2.26. The van der Waals surface area contributed by atoms with E-state index in [0.717, 1.165) is 11.1 Å². The van der Waals surface area contributed by atoms with Crippen LogP contribution in [0.15, 0.2) is 12.1 Å². The third kappa shape index (κ3) is 3.45. The van der Waals surface area contributed by atoms with Gasteiger partial charge in [0.25, 0.3) is 0 Å². The average molecular weight is 336 g/mol. The van der Waals surface area contributed by atoms with Crippen molar-refractivity contribution in [3.8, 4) is 0 Å². The molecule has 0 saturated carbocycles. The van der Waals surface area contributed by atoms with Crippen molar-refractivity contribution in [2.75, 3.05) is 17.2 Å². The molecule has 110 valence electrons. The average Bonchev–Trinajstić information content (AvgIpc) is 2.62. The van der Waals surface area contributed by atoms with Crippen LogP contribution in [0.25, 0.3) is 0 Å². The first-order chi connectivity index (χ1) is 9.17. The Kier molecular flexibility index (Phi) is 4.33. The highest BCUT2D eigenvalue weighted by Crippen LogP contribution is 2.33. The van der Waals surface area contributed by atoms with Crippen molar-refractivity contribution in [2.45, 2.75) is 20.3 Å². The van der Waals surface area contributed by atoms with Gasteiger partial charge >= 0.3 is 0 Å². The van der Waals surface area contributed by atoms with Crippen LogP contribution in [0.1, 0.15) is 17.5 Å². The largest absolute Gasteiger partial charge is 0.311 e. The van der Waals surface area contributed by atoms with E-state index in [4.69, 9.17) is 22.3 Å². The normalized spacial score (nSPS) is 19.7. The number of amides is 1. The molecule has 0 bridgehead atoms. The van der Waals surface area contributed by atoms with Crippen LogP contribution < -0.4 is 4.90 Å². The van der Waals surface area contributed by atoms with Gasteiger partial charge in [0.05, 0.1) is 16.5 Å². The van der Waals surface area contributed by atoms with E-state index < -0.39 is 9.05 Å². The lowest BCUT2D eigenvalue weighted by Gasteiger charge is -2.19. The van der Waals surface area contributed by atoms with E-state index in [1.165, 1.54) is 0 Å². The van der Waals surface area contributed by atoms with Crippen molar-refractivity contribution in [3.05, 3.63) is 28.3 Å². The summed E-state index contributed by atoms with van der Waals surface area (Å²) in [6, 6.07) is 3.66. The molecule has 1 atom stereocenters. The second kappa shape index (κ2) is 5.54. The van der Waals surface area contributed by atoms with Gasteiger partial charge in [0.15, 0.2) is 0 Å². The predicted octanol–water partition coefficient (Wildman–Crippen LogP) is 2.88. The van der Waals surface area contributed by atoms with E-state index in [0.29, 0.717) is 17.3 Å². The van der Waals surface area contributed by atoms with E-state index in [-0.39, 0.29) is 24.0 Å². The van der Waals surface area contributed by atoms with Crippen molar-refractivity contribution >= 4 is 42.9 Å². The highest BCUT2D eigenvalue weighted by Gasteiger charge is 2.34. The molecular weight excluding hydrogens is 321 g/mol. The number of benzene rings is 1. The molecule has 1 unspecified atom stereocenters. The Morgan fingerprint density at radius 3 is 2.50 bits per heavy atom. The van der Waals surface area contributed by atoms with Crippen molar-refractivity contribution in [3.63, 3.8) is 0 Å². The lowest BCUT2D eigenvalue weighted by Crippen LogP contribution is -2.25. The second-order valence-electron chi connectivity index (χ2n) is 5.17. The second-order valence-corrected chi connectivity index (χ2v) is 8.40. The molecule has 0 aromatic heterocycles. The number of hydrogen-bond acceptors (Lipinski definition) is 3. The van der Waals surface area contributed by atoms with Gasteiger partial charge in [-0.15, -0.1) is 0 Å². The molecule has 7 heteroatoms. The molecule has 4 nitrogen and oxygen atoms in total. The molecule has 0 spiro atoms. The number of anilines is 1. The number of hydrogen-bond donors (Lipinski definition) is 0. The first-order valence-electron chi connectivity index (χ1n) is 6.17. The molecule has 1 aromatic carbocycles. The topological polar surface area (TPSA) is 54.5 Å². The van der Waals surface area contributed by atoms with Crippen LogP contribution in [-0.4, -0.2) is 26.6 Å². The zero-order valence-electron chi connectivity index (χ0n) is 11.2. The summed E-state index contributed by atoms with van der Waals surface area (Å²) in [5.41, 5.74) is 2.71. The van der Waals surface area contributed by atoms with Crippen LogP contribution in [0, 0.1) is 19.8 Å². The molecular formula is C13H15Cl2NO3S. The fraction of sp³-hybridized carbons (Fsp3) is 0.462. The predicted molar refractivity (Wildman–Crippen MR) is 81.0 cm³/mol. The Hall–Kier alpha value is -0.780. The van der Waals surface area contributed by atoms with Crippen LogP contribution >= 0.6 is 22.3 Å². The molecule has 1 aromatic rings.